The minimum Gasteiger partial charge on any atom is -0.468 e. The normalized spacial score (nSPS) is 14.0. The number of thiophene rings is 1. The lowest BCUT2D eigenvalue weighted by molar-refractivity contribution is 0.486. The number of rotatable bonds is 8. The molecule has 0 aromatic carbocycles. The monoisotopic (exact) mass is 364 g/mol. The molecule has 2 N–H and O–H groups in total. The van der Waals surface area contributed by atoms with Gasteiger partial charge in [0.15, 0.2) is 9.84 Å². The Bertz CT molecular complexity index is 780. The zero-order valence-electron chi connectivity index (χ0n) is 11.7. The fourth-order valence-electron chi connectivity index (χ4n) is 1.83. The van der Waals surface area contributed by atoms with Crippen molar-refractivity contribution in [3.8, 4) is 0 Å². The van der Waals surface area contributed by atoms with Crippen LogP contribution < -0.4 is 9.44 Å². The first kappa shape index (κ1) is 17.2. The van der Waals surface area contributed by atoms with E-state index in [0.717, 1.165) is 11.3 Å². The maximum atomic E-state index is 12.7. The Morgan fingerprint density at radius 2 is 1.95 bits per heavy atom. The van der Waals surface area contributed by atoms with Crippen molar-refractivity contribution >= 4 is 31.4 Å². The smallest absolute Gasteiger partial charge is 0.276 e. The third kappa shape index (κ3) is 3.96. The molecule has 0 spiro atoms. The summed E-state index contributed by atoms with van der Waals surface area (Å²) in [5.74, 6) is 0.188. The minimum absolute atomic E-state index is 0.163. The number of hydrogen-bond donors (Lipinski definition) is 2. The van der Waals surface area contributed by atoms with Crippen LogP contribution in [0.2, 0.25) is 0 Å². The van der Waals surface area contributed by atoms with Crippen molar-refractivity contribution in [2.24, 2.45) is 0 Å². The average Bonchev–Trinajstić information content (AvgIpc) is 3.12. The molecule has 22 heavy (non-hydrogen) atoms. The van der Waals surface area contributed by atoms with Crippen molar-refractivity contribution in [2.45, 2.75) is 16.4 Å². The molecule has 0 radical (unpaired) electrons. The number of hydrogen-bond acceptors (Lipinski definition) is 6. The van der Waals surface area contributed by atoms with Gasteiger partial charge in [0.05, 0.1) is 6.26 Å². The number of furan rings is 1. The third-order valence-electron chi connectivity index (χ3n) is 2.80. The topological polar surface area (TPSA) is 105 Å². The molecule has 2 aromatic heterocycles. The molecule has 0 saturated heterocycles. The van der Waals surface area contributed by atoms with Crippen LogP contribution in [0.15, 0.2) is 44.5 Å². The largest absolute Gasteiger partial charge is 0.468 e. The highest BCUT2D eigenvalue weighted by molar-refractivity contribution is 7.93. The van der Waals surface area contributed by atoms with Crippen LogP contribution in [-0.4, -0.2) is 29.9 Å². The summed E-state index contributed by atoms with van der Waals surface area (Å²) in [6, 6.07) is 6.18. The molecular formula is C12H16N2O5S3. The van der Waals surface area contributed by atoms with Crippen LogP contribution in [0.5, 0.6) is 0 Å². The fraction of sp³-hybridized carbons (Fsp3) is 0.333. The van der Waals surface area contributed by atoms with Gasteiger partial charge in [-0.1, -0.05) is 13.0 Å². The van der Waals surface area contributed by atoms with Crippen molar-refractivity contribution in [3.63, 3.8) is 0 Å². The van der Waals surface area contributed by atoms with Crippen molar-refractivity contribution in [3.05, 3.63) is 41.7 Å². The summed E-state index contributed by atoms with van der Waals surface area (Å²) in [5, 5.41) is 0.518. The van der Waals surface area contributed by atoms with E-state index in [9.17, 15) is 16.8 Å². The SMILES string of the molecule is CCNS(=O)(=O)NCC(c1ccco1)S(=O)(=O)c1cccs1. The zero-order chi connectivity index (χ0) is 16.2. The van der Waals surface area contributed by atoms with Crippen LogP contribution in [0.4, 0.5) is 0 Å². The molecule has 0 bridgehead atoms. The van der Waals surface area contributed by atoms with Gasteiger partial charge in [0.1, 0.15) is 15.2 Å². The molecule has 0 saturated carbocycles. The van der Waals surface area contributed by atoms with E-state index in [-0.39, 0.29) is 23.1 Å². The summed E-state index contributed by atoms with van der Waals surface area (Å²) in [7, 11) is -7.50. The van der Waals surface area contributed by atoms with E-state index in [2.05, 4.69) is 9.44 Å². The average molecular weight is 364 g/mol. The molecule has 2 heterocycles. The van der Waals surface area contributed by atoms with Crippen LogP contribution in [-0.2, 0) is 20.0 Å². The number of sulfone groups is 1. The van der Waals surface area contributed by atoms with Gasteiger partial charge in [0.25, 0.3) is 10.2 Å². The van der Waals surface area contributed by atoms with Crippen molar-refractivity contribution in [1.29, 1.82) is 0 Å². The Hall–Kier alpha value is -1.20. The molecule has 10 heteroatoms. The summed E-state index contributed by atoms with van der Waals surface area (Å²) in [6.07, 6.45) is 1.35. The quantitative estimate of drug-likeness (QED) is 0.734. The van der Waals surface area contributed by atoms with E-state index in [1.54, 1.807) is 24.4 Å². The van der Waals surface area contributed by atoms with Gasteiger partial charge in [-0.05, 0) is 23.6 Å². The van der Waals surface area contributed by atoms with E-state index in [1.165, 1.54) is 18.4 Å². The Kier molecular flexibility index (Phi) is 5.40. The van der Waals surface area contributed by atoms with Crippen LogP contribution in [0, 0.1) is 0 Å². The van der Waals surface area contributed by atoms with E-state index in [4.69, 9.17) is 4.42 Å². The second-order valence-electron chi connectivity index (χ2n) is 4.33. The molecule has 0 amide bonds. The van der Waals surface area contributed by atoms with Gasteiger partial charge in [-0.2, -0.15) is 8.42 Å². The van der Waals surface area contributed by atoms with Crippen LogP contribution >= 0.6 is 11.3 Å². The first-order valence-electron chi connectivity index (χ1n) is 6.42. The molecule has 122 valence electrons. The second kappa shape index (κ2) is 6.92. The highest BCUT2D eigenvalue weighted by atomic mass is 32.2. The van der Waals surface area contributed by atoms with Crippen LogP contribution in [0.25, 0.3) is 0 Å². The maximum Gasteiger partial charge on any atom is 0.276 e. The number of nitrogens with one attached hydrogen (secondary N) is 2. The van der Waals surface area contributed by atoms with E-state index in [0.29, 0.717) is 0 Å². The molecular weight excluding hydrogens is 348 g/mol. The van der Waals surface area contributed by atoms with Crippen molar-refractivity contribution in [1.82, 2.24) is 9.44 Å². The Morgan fingerprint density at radius 1 is 1.18 bits per heavy atom. The Morgan fingerprint density at radius 3 is 2.50 bits per heavy atom. The molecule has 7 nitrogen and oxygen atoms in total. The Labute approximate surface area is 133 Å². The summed E-state index contributed by atoms with van der Waals surface area (Å²) in [6.45, 7) is 1.52. The lowest BCUT2D eigenvalue weighted by atomic mass is 10.3. The first-order valence-corrected chi connectivity index (χ1v) is 10.3. The van der Waals surface area contributed by atoms with Crippen molar-refractivity contribution < 1.29 is 21.3 Å². The second-order valence-corrected chi connectivity index (χ2v) is 9.22. The van der Waals surface area contributed by atoms with Crippen LogP contribution in [0.3, 0.4) is 0 Å². The predicted molar refractivity (Wildman–Crippen MR) is 83.6 cm³/mol. The zero-order valence-corrected chi connectivity index (χ0v) is 14.2. The van der Waals surface area contributed by atoms with Gasteiger partial charge < -0.3 is 4.42 Å². The summed E-state index contributed by atoms with van der Waals surface area (Å²) < 4.78 is 58.5. The summed E-state index contributed by atoms with van der Waals surface area (Å²) >= 11 is 1.08. The highest BCUT2D eigenvalue weighted by Crippen LogP contribution is 2.31. The van der Waals surface area contributed by atoms with E-state index >= 15 is 0 Å². The molecule has 1 atom stereocenters. The van der Waals surface area contributed by atoms with E-state index in [1.807, 2.05) is 0 Å². The maximum absolute atomic E-state index is 12.7. The molecule has 0 fully saturated rings. The Balaban J connectivity index is 2.30. The molecule has 1 unspecified atom stereocenters. The molecule has 0 aliphatic heterocycles. The van der Waals surface area contributed by atoms with Gasteiger partial charge >= 0.3 is 0 Å². The highest BCUT2D eigenvalue weighted by Gasteiger charge is 2.33. The molecule has 2 aromatic rings. The van der Waals surface area contributed by atoms with Gasteiger partial charge in [-0.3, -0.25) is 0 Å². The fourth-order valence-corrected chi connectivity index (χ4v) is 5.59. The van der Waals surface area contributed by atoms with Gasteiger partial charge in [-0.15, -0.1) is 11.3 Å². The predicted octanol–water partition coefficient (Wildman–Crippen LogP) is 1.30. The summed E-state index contributed by atoms with van der Waals surface area (Å²) in [4.78, 5) is 0. The third-order valence-corrected chi connectivity index (χ3v) is 7.51. The van der Waals surface area contributed by atoms with E-state index < -0.39 is 25.3 Å². The minimum atomic E-state index is -3.75. The standard InChI is InChI=1S/C12H16N2O5S3/c1-2-13-22(17,18)14-9-11(10-5-3-7-19-10)21(15,16)12-6-4-8-20-12/h3-8,11,13-14H,2,9H2,1H3. The lowest BCUT2D eigenvalue weighted by Gasteiger charge is -2.15. The van der Waals surface area contributed by atoms with Gasteiger partial charge in [0.2, 0.25) is 0 Å². The van der Waals surface area contributed by atoms with Crippen molar-refractivity contribution in [2.75, 3.05) is 13.1 Å². The molecule has 2 rings (SSSR count). The molecule has 0 aliphatic carbocycles. The van der Waals surface area contributed by atoms with Gasteiger partial charge in [-0.25, -0.2) is 17.9 Å². The molecule has 0 aliphatic rings. The summed E-state index contributed by atoms with van der Waals surface area (Å²) in [5.41, 5.74) is 0. The lowest BCUT2D eigenvalue weighted by Crippen LogP contribution is -2.39. The van der Waals surface area contributed by atoms with Crippen LogP contribution in [0.1, 0.15) is 17.9 Å². The van der Waals surface area contributed by atoms with Gasteiger partial charge in [0, 0.05) is 13.1 Å². The first-order chi connectivity index (χ1) is 10.4.